The van der Waals surface area contributed by atoms with Crippen LogP contribution in [0.5, 0.6) is 0 Å². The lowest BCUT2D eigenvalue weighted by Gasteiger charge is -2.02. The molecule has 2 N–H and O–H groups in total. The number of fused-ring (bicyclic) bond motifs is 1. The van der Waals surface area contributed by atoms with E-state index in [9.17, 15) is 0 Å². The minimum Gasteiger partial charge on any atom is -0.361 e. The van der Waals surface area contributed by atoms with Crippen LogP contribution in [-0.2, 0) is 13.0 Å². The van der Waals surface area contributed by atoms with Gasteiger partial charge in [-0.2, -0.15) is 0 Å². The van der Waals surface area contributed by atoms with Gasteiger partial charge in [0, 0.05) is 18.3 Å². The molecule has 0 atom stereocenters. The average molecular weight is 258 g/mol. The number of rotatable bonds is 4. The first-order valence-corrected chi connectivity index (χ1v) is 6.79. The van der Waals surface area contributed by atoms with Crippen molar-refractivity contribution in [3.8, 4) is 0 Å². The molecular formula is C13H14N4S. The van der Waals surface area contributed by atoms with E-state index in [2.05, 4.69) is 51.7 Å². The van der Waals surface area contributed by atoms with E-state index in [0.717, 1.165) is 23.1 Å². The molecule has 0 radical (unpaired) electrons. The molecule has 0 aliphatic rings. The van der Waals surface area contributed by atoms with Gasteiger partial charge in [-0.05, 0) is 35.6 Å². The summed E-state index contributed by atoms with van der Waals surface area (Å²) in [6.07, 6.45) is 2.90. The monoisotopic (exact) mass is 258 g/mol. The molecule has 0 saturated carbocycles. The van der Waals surface area contributed by atoms with Crippen LogP contribution in [0.1, 0.15) is 17.5 Å². The minimum absolute atomic E-state index is 0.777. The van der Waals surface area contributed by atoms with Crippen LogP contribution in [0, 0.1) is 0 Å². The highest BCUT2D eigenvalue weighted by molar-refractivity contribution is 7.15. The highest BCUT2D eigenvalue weighted by Crippen LogP contribution is 2.18. The molecular weight excluding hydrogens is 244 g/mol. The summed E-state index contributed by atoms with van der Waals surface area (Å²) in [7, 11) is 0. The molecule has 0 saturated heterocycles. The molecule has 92 valence electrons. The maximum absolute atomic E-state index is 4.11. The van der Waals surface area contributed by atoms with E-state index in [4.69, 9.17) is 0 Å². The number of anilines is 1. The SMILES string of the molecule is CCc1nnc(NCc2ccc3[nH]ccc3c2)s1. The van der Waals surface area contributed by atoms with Crippen LogP contribution in [0.2, 0.25) is 0 Å². The van der Waals surface area contributed by atoms with Crippen LogP contribution in [0.15, 0.2) is 30.5 Å². The zero-order valence-electron chi connectivity index (χ0n) is 10.1. The van der Waals surface area contributed by atoms with Gasteiger partial charge in [0.2, 0.25) is 5.13 Å². The largest absolute Gasteiger partial charge is 0.361 e. The number of benzene rings is 1. The Morgan fingerprint density at radius 2 is 2.22 bits per heavy atom. The average Bonchev–Trinajstić information content (AvgIpc) is 3.04. The Morgan fingerprint density at radius 1 is 1.28 bits per heavy atom. The maximum Gasteiger partial charge on any atom is 0.205 e. The first-order chi connectivity index (χ1) is 8.85. The Balaban J connectivity index is 1.72. The summed E-state index contributed by atoms with van der Waals surface area (Å²) < 4.78 is 0. The fourth-order valence-electron chi connectivity index (χ4n) is 1.86. The van der Waals surface area contributed by atoms with Crippen molar-refractivity contribution < 1.29 is 0 Å². The Bertz CT molecular complexity index is 656. The van der Waals surface area contributed by atoms with Gasteiger partial charge in [-0.15, -0.1) is 10.2 Å². The van der Waals surface area contributed by atoms with Gasteiger partial charge in [0.15, 0.2) is 0 Å². The molecule has 0 bridgehead atoms. The molecule has 2 heterocycles. The van der Waals surface area contributed by atoms with Crippen molar-refractivity contribution in [2.45, 2.75) is 19.9 Å². The van der Waals surface area contributed by atoms with E-state index in [1.54, 1.807) is 11.3 Å². The Morgan fingerprint density at radius 3 is 3.06 bits per heavy atom. The van der Waals surface area contributed by atoms with E-state index in [1.807, 2.05) is 6.20 Å². The van der Waals surface area contributed by atoms with E-state index < -0.39 is 0 Å². The van der Waals surface area contributed by atoms with Crippen LogP contribution in [0.4, 0.5) is 5.13 Å². The first-order valence-electron chi connectivity index (χ1n) is 5.97. The summed E-state index contributed by atoms with van der Waals surface area (Å²) in [5.74, 6) is 0. The lowest BCUT2D eigenvalue weighted by molar-refractivity contribution is 0.975. The van der Waals surface area contributed by atoms with Crippen molar-refractivity contribution in [2.75, 3.05) is 5.32 Å². The second-order valence-electron chi connectivity index (χ2n) is 4.11. The maximum atomic E-state index is 4.11. The van der Waals surface area contributed by atoms with Crippen LogP contribution in [0.3, 0.4) is 0 Å². The molecule has 2 aromatic heterocycles. The van der Waals surface area contributed by atoms with E-state index in [0.29, 0.717) is 0 Å². The van der Waals surface area contributed by atoms with Crippen molar-refractivity contribution in [3.63, 3.8) is 0 Å². The van der Waals surface area contributed by atoms with Crippen molar-refractivity contribution in [2.24, 2.45) is 0 Å². The summed E-state index contributed by atoms with van der Waals surface area (Å²) in [6.45, 7) is 2.86. The smallest absolute Gasteiger partial charge is 0.205 e. The van der Waals surface area contributed by atoms with Gasteiger partial charge in [0.05, 0.1) is 0 Å². The third kappa shape index (κ3) is 2.22. The summed E-state index contributed by atoms with van der Waals surface area (Å²) in [4.78, 5) is 3.19. The van der Waals surface area contributed by atoms with E-state index in [1.165, 1.54) is 16.5 Å². The quantitative estimate of drug-likeness (QED) is 0.755. The van der Waals surface area contributed by atoms with Gasteiger partial charge < -0.3 is 10.3 Å². The van der Waals surface area contributed by atoms with Crippen molar-refractivity contribution in [1.29, 1.82) is 0 Å². The molecule has 3 aromatic rings. The molecule has 0 aliphatic carbocycles. The second kappa shape index (κ2) is 4.78. The molecule has 0 aliphatic heterocycles. The van der Waals surface area contributed by atoms with Crippen molar-refractivity contribution in [1.82, 2.24) is 15.2 Å². The number of nitrogens with zero attached hydrogens (tertiary/aromatic N) is 2. The molecule has 18 heavy (non-hydrogen) atoms. The van der Waals surface area contributed by atoms with Gasteiger partial charge in [0.25, 0.3) is 0 Å². The summed E-state index contributed by atoms with van der Waals surface area (Å²) >= 11 is 1.62. The van der Waals surface area contributed by atoms with Gasteiger partial charge >= 0.3 is 0 Å². The number of nitrogens with one attached hydrogen (secondary N) is 2. The van der Waals surface area contributed by atoms with Crippen molar-refractivity contribution >= 4 is 27.4 Å². The number of aromatic nitrogens is 3. The summed E-state index contributed by atoms with van der Waals surface area (Å²) in [5.41, 5.74) is 2.42. The highest BCUT2D eigenvalue weighted by atomic mass is 32.1. The number of hydrogen-bond acceptors (Lipinski definition) is 4. The Kier molecular flexibility index (Phi) is 2.98. The lowest BCUT2D eigenvalue weighted by Crippen LogP contribution is -1.98. The Hall–Kier alpha value is -1.88. The second-order valence-corrected chi connectivity index (χ2v) is 5.17. The third-order valence-corrected chi connectivity index (χ3v) is 3.86. The zero-order valence-corrected chi connectivity index (χ0v) is 10.9. The zero-order chi connectivity index (χ0) is 12.4. The van der Waals surface area contributed by atoms with Gasteiger partial charge in [0.1, 0.15) is 5.01 Å². The fourth-order valence-corrected chi connectivity index (χ4v) is 2.53. The minimum atomic E-state index is 0.777. The van der Waals surface area contributed by atoms with Crippen LogP contribution < -0.4 is 5.32 Å². The molecule has 1 aromatic carbocycles. The summed E-state index contributed by atoms with van der Waals surface area (Å²) in [6, 6.07) is 8.48. The van der Waals surface area contributed by atoms with Gasteiger partial charge in [-0.1, -0.05) is 24.3 Å². The number of H-pyrrole nitrogens is 1. The van der Waals surface area contributed by atoms with Crippen LogP contribution in [0.25, 0.3) is 10.9 Å². The standard InChI is InChI=1S/C13H14N4S/c1-2-12-16-17-13(18-12)15-8-9-3-4-11-10(7-9)5-6-14-11/h3-7,14H,2,8H2,1H3,(H,15,17). The molecule has 0 amide bonds. The molecule has 4 nitrogen and oxygen atoms in total. The molecule has 3 rings (SSSR count). The highest BCUT2D eigenvalue weighted by Gasteiger charge is 2.02. The molecule has 5 heteroatoms. The predicted molar refractivity (Wildman–Crippen MR) is 74.9 cm³/mol. The normalized spacial score (nSPS) is 10.9. The van der Waals surface area contributed by atoms with Crippen LogP contribution >= 0.6 is 11.3 Å². The number of hydrogen-bond donors (Lipinski definition) is 2. The topological polar surface area (TPSA) is 53.6 Å². The Labute approximate surface area is 109 Å². The lowest BCUT2D eigenvalue weighted by atomic mass is 10.1. The number of aryl methyl sites for hydroxylation is 1. The van der Waals surface area contributed by atoms with Crippen molar-refractivity contribution in [3.05, 3.63) is 41.0 Å². The third-order valence-electron chi connectivity index (χ3n) is 2.83. The molecule has 0 unspecified atom stereocenters. The van der Waals surface area contributed by atoms with Gasteiger partial charge in [-0.3, -0.25) is 0 Å². The van der Waals surface area contributed by atoms with E-state index in [-0.39, 0.29) is 0 Å². The summed E-state index contributed by atoms with van der Waals surface area (Å²) in [5, 5.41) is 14.7. The first kappa shape index (κ1) is 11.2. The molecule has 0 fully saturated rings. The van der Waals surface area contributed by atoms with E-state index >= 15 is 0 Å². The molecule has 0 spiro atoms. The van der Waals surface area contributed by atoms with Gasteiger partial charge in [-0.25, -0.2) is 0 Å². The number of aromatic amines is 1. The predicted octanol–water partition coefficient (Wildman–Crippen LogP) is 3.19. The van der Waals surface area contributed by atoms with Crippen LogP contribution in [-0.4, -0.2) is 15.2 Å². The fraction of sp³-hybridized carbons (Fsp3) is 0.231.